The second-order valence-electron chi connectivity index (χ2n) is 10.2. The van der Waals surface area contributed by atoms with Crippen LogP contribution in [0.1, 0.15) is 39.2 Å². The number of halogens is 4. The molecule has 0 saturated heterocycles. The standard InChI is InChI=1S/C32H27ClF3N3O4S/c1-19-16-21(17-20(2)28(19)33)43-15-7-12-24-23-10-6-11-25(26-18-37-14-13-27(26)32(34,35)36)29(23)38-30(24)31(40)39-44(41,42)22-8-4-3-5-9-22/h3-6,8-11,13-14,16-18,38H,7,12,15H2,1-2H3,(H,39,40). The Hall–Kier alpha value is -4.35. The van der Waals surface area contributed by atoms with Crippen molar-refractivity contribution in [3.63, 3.8) is 0 Å². The Morgan fingerprint density at radius 2 is 1.70 bits per heavy atom. The number of nitrogens with zero attached hydrogens (tertiary/aromatic N) is 1. The topological polar surface area (TPSA) is 101 Å². The Bertz CT molecular complexity index is 1940. The molecule has 0 spiro atoms. The van der Waals surface area contributed by atoms with E-state index in [0.29, 0.717) is 28.1 Å². The molecule has 0 unspecified atom stereocenters. The Labute approximate surface area is 257 Å². The zero-order valence-corrected chi connectivity index (χ0v) is 25.2. The van der Waals surface area contributed by atoms with Crippen LogP contribution in [-0.4, -0.2) is 30.9 Å². The van der Waals surface area contributed by atoms with Crippen molar-refractivity contribution in [2.45, 2.75) is 37.8 Å². The maximum atomic E-state index is 13.9. The molecule has 2 heterocycles. The number of aromatic amines is 1. The molecule has 0 radical (unpaired) electrons. The van der Waals surface area contributed by atoms with Gasteiger partial charge in [-0.1, -0.05) is 48.0 Å². The second-order valence-corrected chi connectivity index (χ2v) is 12.3. The maximum absolute atomic E-state index is 13.9. The number of sulfonamides is 1. The third-order valence-electron chi connectivity index (χ3n) is 7.12. The van der Waals surface area contributed by atoms with E-state index in [1.54, 1.807) is 18.2 Å². The maximum Gasteiger partial charge on any atom is 0.417 e. The Morgan fingerprint density at radius 1 is 1.00 bits per heavy atom. The summed E-state index contributed by atoms with van der Waals surface area (Å²) in [4.78, 5) is 20.2. The van der Waals surface area contributed by atoms with Crippen LogP contribution in [0.4, 0.5) is 13.2 Å². The van der Waals surface area contributed by atoms with Crippen molar-refractivity contribution in [1.82, 2.24) is 14.7 Å². The minimum absolute atomic E-state index is 0.0809. The van der Waals surface area contributed by atoms with Gasteiger partial charge < -0.3 is 9.72 Å². The van der Waals surface area contributed by atoms with Gasteiger partial charge in [0.2, 0.25) is 0 Å². The van der Waals surface area contributed by atoms with Crippen LogP contribution in [0.15, 0.2) is 84.0 Å². The first-order valence-electron chi connectivity index (χ1n) is 13.5. The van der Waals surface area contributed by atoms with Crippen molar-refractivity contribution in [3.8, 4) is 16.9 Å². The highest BCUT2D eigenvalue weighted by Gasteiger charge is 2.34. The lowest BCUT2D eigenvalue weighted by Gasteiger charge is -2.13. The van der Waals surface area contributed by atoms with Crippen molar-refractivity contribution >= 4 is 38.4 Å². The number of H-pyrrole nitrogens is 1. The summed E-state index contributed by atoms with van der Waals surface area (Å²) < 4.78 is 75.7. The summed E-state index contributed by atoms with van der Waals surface area (Å²) in [6, 6.07) is 16.6. The number of pyridine rings is 1. The van der Waals surface area contributed by atoms with Gasteiger partial charge in [-0.05, 0) is 73.7 Å². The fourth-order valence-electron chi connectivity index (χ4n) is 5.07. The lowest BCUT2D eigenvalue weighted by molar-refractivity contribution is -0.137. The summed E-state index contributed by atoms with van der Waals surface area (Å²) in [5.74, 6) is -0.327. The number of carbonyl (C=O) groups excluding carboxylic acids is 1. The van der Waals surface area contributed by atoms with E-state index in [4.69, 9.17) is 16.3 Å². The molecular formula is C32H27ClF3N3O4S. The van der Waals surface area contributed by atoms with E-state index < -0.39 is 27.7 Å². The summed E-state index contributed by atoms with van der Waals surface area (Å²) in [6.45, 7) is 3.98. The van der Waals surface area contributed by atoms with E-state index >= 15 is 0 Å². The summed E-state index contributed by atoms with van der Waals surface area (Å²) >= 11 is 6.25. The summed E-state index contributed by atoms with van der Waals surface area (Å²) in [5, 5.41) is 1.12. The van der Waals surface area contributed by atoms with Gasteiger partial charge in [0.25, 0.3) is 15.9 Å². The van der Waals surface area contributed by atoms with E-state index in [1.807, 2.05) is 26.0 Å². The van der Waals surface area contributed by atoms with Crippen LogP contribution in [-0.2, 0) is 22.6 Å². The van der Waals surface area contributed by atoms with Crippen molar-refractivity contribution in [1.29, 1.82) is 0 Å². The highest BCUT2D eigenvalue weighted by Crippen LogP contribution is 2.40. The third kappa shape index (κ3) is 6.44. The lowest BCUT2D eigenvalue weighted by Crippen LogP contribution is -2.31. The monoisotopic (exact) mass is 641 g/mol. The molecule has 0 aliphatic carbocycles. The van der Waals surface area contributed by atoms with Gasteiger partial charge in [0.05, 0.1) is 22.6 Å². The molecule has 7 nitrogen and oxygen atoms in total. The number of rotatable bonds is 9. The highest BCUT2D eigenvalue weighted by molar-refractivity contribution is 7.90. The Kier molecular flexibility index (Phi) is 8.71. The molecule has 1 amide bonds. The van der Waals surface area contributed by atoms with Crippen LogP contribution < -0.4 is 9.46 Å². The van der Waals surface area contributed by atoms with Crippen LogP contribution in [0.5, 0.6) is 5.75 Å². The fraction of sp³-hybridized carbons (Fsp3) is 0.188. The molecule has 0 saturated carbocycles. The van der Waals surface area contributed by atoms with Crippen LogP contribution in [0.25, 0.3) is 22.0 Å². The van der Waals surface area contributed by atoms with Crippen molar-refractivity contribution < 1.29 is 31.1 Å². The summed E-state index contributed by atoms with van der Waals surface area (Å²) in [6.07, 6.45) is -1.83. The van der Waals surface area contributed by atoms with Crippen molar-refractivity contribution in [3.05, 3.63) is 112 Å². The normalized spacial score (nSPS) is 12.0. The van der Waals surface area contributed by atoms with Crippen LogP contribution in [0, 0.1) is 13.8 Å². The lowest BCUT2D eigenvalue weighted by atomic mass is 9.97. The number of amides is 1. The van der Waals surface area contributed by atoms with E-state index in [1.165, 1.54) is 30.3 Å². The number of hydrogen-bond acceptors (Lipinski definition) is 5. The average Bonchev–Trinajstić information content (AvgIpc) is 3.37. The zero-order valence-electron chi connectivity index (χ0n) is 23.6. The summed E-state index contributed by atoms with van der Waals surface area (Å²) in [7, 11) is -4.24. The molecule has 0 atom stereocenters. The van der Waals surface area contributed by atoms with Gasteiger partial charge in [-0.25, -0.2) is 13.1 Å². The molecule has 3 aromatic carbocycles. The quantitative estimate of drug-likeness (QED) is 0.161. The van der Waals surface area contributed by atoms with Crippen LogP contribution in [0.2, 0.25) is 5.02 Å². The Morgan fingerprint density at radius 3 is 2.39 bits per heavy atom. The van der Waals surface area contributed by atoms with Gasteiger partial charge in [-0.2, -0.15) is 13.2 Å². The van der Waals surface area contributed by atoms with E-state index in [0.717, 1.165) is 29.6 Å². The van der Waals surface area contributed by atoms with Gasteiger partial charge in [-0.3, -0.25) is 9.78 Å². The zero-order chi connectivity index (χ0) is 31.6. The molecule has 0 aliphatic heterocycles. The minimum atomic E-state index is -4.66. The van der Waals surface area contributed by atoms with Crippen molar-refractivity contribution in [2.75, 3.05) is 6.61 Å². The molecule has 44 heavy (non-hydrogen) atoms. The third-order valence-corrected chi connectivity index (χ3v) is 9.06. The second kappa shape index (κ2) is 12.3. The molecule has 5 rings (SSSR count). The largest absolute Gasteiger partial charge is 0.494 e. The first-order valence-corrected chi connectivity index (χ1v) is 15.4. The number of benzene rings is 3. The number of para-hydroxylation sites is 1. The predicted octanol–water partition coefficient (Wildman–Crippen LogP) is 7.65. The molecule has 5 aromatic rings. The number of aromatic nitrogens is 2. The van der Waals surface area contributed by atoms with Gasteiger partial charge in [0, 0.05) is 33.9 Å². The number of nitrogens with one attached hydrogen (secondary N) is 2. The van der Waals surface area contributed by atoms with E-state index in [-0.39, 0.29) is 40.3 Å². The minimum Gasteiger partial charge on any atom is -0.494 e. The smallest absolute Gasteiger partial charge is 0.417 e. The summed E-state index contributed by atoms with van der Waals surface area (Å²) in [5.41, 5.74) is 1.41. The molecule has 228 valence electrons. The van der Waals surface area contributed by atoms with Crippen molar-refractivity contribution in [2.24, 2.45) is 0 Å². The molecule has 2 N–H and O–H groups in total. The average molecular weight is 642 g/mol. The number of alkyl halides is 3. The van der Waals surface area contributed by atoms with Crippen LogP contribution in [0.3, 0.4) is 0 Å². The van der Waals surface area contributed by atoms with E-state index in [2.05, 4.69) is 14.7 Å². The molecule has 0 aliphatic rings. The molecular weight excluding hydrogens is 615 g/mol. The fourth-order valence-corrected chi connectivity index (χ4v) is 6.16. The van der Waals surface area contributed by atoms with Gasteiger partial charge in [0.1, 0.15) is 11.4 Å². The SMILES string of the molecule is Cc1cc(OCCCc2c(C(=O)NS(=O)(=O)c3ccccc3)[nH]c3c(-c4cnccc4C(F)(F)F)cccc23)cc(C)c1Cl. The first-order chi connectivity index (χ1) is 20.9. The number of aryl methyl sites for hydroxylation is 3. The number of carbonyl (C=O) groups is 1. The number of hydrogen-bond donors (Lipinski definition) is 2. The first kappa shape index (κ1) is 31.1. The van der Waals surface area contributed by atoms with Gasteiger partial charge >= 0.3 is 6.18 Å². The molecule has 12 heteroatoms. The highest BCUT2D eigenvalue weighted by atomic mass is 35.5. The number of fused-ring (bicyclic) bond motifs is 1. The van der Waals surface area contributed by atoms with Crippen LogP contribution >= 0.6 is 11.6 Å². The predicted molar refractivity (Wildman–Crippen MR) is 162 cm³/mol. The Balaban J connectivity index is 1.53. The molecule has 0 fully saturated rings. The molecule has 2 aromatic heterocycles. The molecule has 0 bridgehead atoms. The number of ether oxygens (including phenoxy) is 1. The van der Waals surface area contributed by atoms with Gasteiger partial charge in [-0.15, -0.1) is 0 Å². The van der Waals surface area contributed by atoms with E-state index in [9.17, 15) is 26.4 Å². The van der Waals surface area contributed by atoms with Gasteiger partial charge in [0.15, 0.2) is 0 Å².